The van der Waals surface area contributed by atoms with Gasteiger partial charge in [0.15, 0.2) is 0 Å². The van der Waals surface area contributed by atoms with Crippen molar-refractivity contribution in [2.45, 2.75) is 52.5 Å². The molecule has 3 nitrogen and oxygen atoms in total. The Morgan fingerprint density at radius 1 is 1.44 bits per heavy atom. The first-order valence-corrected chi connectivity index (χ1v) is 6.24. The van der Waals surface area contributed by atoms with Gasteiger partial charge in [-0.15, -0.1) is 0 Å². The number of Topliss-reactive ketones (excluding diaryl/α,β-unsaturated/α-hetero) is 1. The molecule has 0 bridgehead atoms. The van der Waals surface area contributed by atoms with Gasteiger partial charge in [-0.05, 0) is 45.1 Å². The van der Waals surface area contributed by atoms with Gasteiger partial charge >= 0.3 is 0 Å². The molecule has 0 N–H and O–H groups in total. The van der Waals surface area contributed by atoms with Crippen molar-refractivity contribution < 1.29 is 4.79 Å². The highest BCUT2D eigenvalue weighted by Crippen LogP contribution is 2.25. The van der Waals surface area contributed by atoms with Gasteiger partial charge in [-0.3, -0.25) is 9.48 Å². The first-order valence-electron chi connectivity index (χ1n) is 6.24. The van der Waals surface area contributed by atoms with Crippen molar-refractivity contribution in [2.75, 3.05) is 0 Å². The van der Waals surface area contributed by atoms with Gasteiger partial charge in [0.2, 0.25) is 0 Å². The maximum absolute atomic E-state index is 11.2. The summed E-state index contributed by atoms with van der Waals surface area (Å²) < 4.78 is 2.09. The number of carbonyl (C=O) groups is 1. The number of ketones is 1. The average molecular weight is 220 g/mol. The van der Waals surface area contributed by atoms with E-state index in [1.807, 2.05) is 6.92 Å². The molecule has 3 heteroatoms. The Morgan fingerprint density at radius 3 is 2.75 bits per heavy atom. The lowest BCUT2D eigenvalue weighted by atomic mass is 9.85. The molecular weight excluding hydrogens is 200 g/mol. The third-order valence-corrected chi connectivity index (χ3v) is 3.45. The third kappa shape index (κ3) is 2.52. The lowest BCUT2D eigenvalue weighted by molar-refractivity contribution is -0.121. The molecule has 0 saturated heterocycles. The molecule has 1 aliphatic carbocycles. The zero-order valence-corrected chi connectivity index (χ0v) is 10.2. The van der Waals surface area contributed by atoms with E-state index in [1.165, 1.54) is 5.69 Å². The summed E-state index contributed by atoms with van der Waals surface area (Å²) in [5.74, 6) is 1.12. The summed E-state index contributed by atoms with van der Waals surface area (Å²) in [5.41, 5.74) is 2.43. The van der Waals surface area contributed by atoms with Gasteiger partial charge in [0.05, 0.1) is 5.69 Å². The van der Waals surface area contributed by atoms with Crippen LogP contribution < -0.4 is 0 Å². The summed E-state index contributed by atoms with van der Waals surface area (Å²) in [6, 6.07) is 2.18. The van der Waals surface area contributed by atoms with Crippen molar-refractivity contribution in [3.8, 4) is 0 Å². The Hall–Kier alpha value is -1.12. The molecule has 1 saturated carbocycles. The molecule has 88 valence electrons. The minimum atomic E-state index is 0.441. The smallest absolute Gasteiger partial charge is 0.132 e. The van der Waals surface area contributed by atoms with E-state index >= 15 is 0 Å². The molecule has 16 heavy (non-hydrogen) atoms. The molecule has 0 spiro atoms. The summed E-state index contributed by atoms with van der Waals surface area (Å²) in [6.07, 6.45) is 4.77. The fourth-order valence-corrected chi connectivity index (χ4v) is 2.54. The van der Waals surface area contributed by atoms with Crippen LogP contribution in [0.1, 0.15) is 44.0 Å². The van der Waals surface area contributed by atoms with Crippen LogP contribution in [0.5, 0.6) is 0 Å². The molecule has 0 unspecified atom stereocenters. The highest BCUT2D eigenvalue weighted by Gasteiger charge is 2.20. The molecule has 1 aromatic rings. The van der Waals surface area contributed by atoms with Crippen molar-refractivity contribution in [3.05, 3.63) is 17.5 Å². The van der Waals surface area contributed by atoms with E-state index in [-0.39, 0.29) is 0 Å². The highest BCUT2D eigenvalue weighted by atomic mass is 16.1. The molecule has 0 aliphatic heterocycles. The molecule has 0 radical (unpaired) electrons. The Balaban J connectivity index is 2.00. The number of aromatic nitrogens is 2. The SMILES string of the molecule is CCn1nc(C)cc1CC1CCC(=O)CC1. The quantitative estimate of drug-likeness (QED) is 0.784. The van der Waals surface area contributed by atoms with Crippen molar-refractivity contribution in [1.82, 2.24) is 9.78 Å². The molecule has 2 rings (SSSR count). The number of carbonyl (C=O) groups excluding carboxylic acids is 1. The summed E-state index contributed by atoms with van der Waals surface area (Å²) in [7, 11) is 0. The van der Waals surface area contributed by atoms with Crippen LogP contribution in [0.15, 0.2) is 6.07 Å². The Morgan fingerprint density at radius 2 is 2.12 bits per heavy atom. The Bertz CT molecular complexity index is 371. The third-order valence-electron chi connectivity index (χ3n) is 3.45. The first kappa shape index (κ1) is 11.4. The van der Waals surface area contributed by atoms with E-state index < -0.39 is 0 Å². The number of nitrogens with zero attached hydrogens (tertiary/aromatic N) is 2. The van der Waals surface area contributed by atoms with E-state index in [1.54, 1.807) is 0 Å². The highest BCUT2D eigenvalue weighted by molar-refractivity contribution is 5.79. The fraction of sp³-hybridized carbons (Fsp3) is 0.692. The van der Waals surface area contributed by atoms with Crippen molar-refractivity contribution in [1.29, 1.82) is 0 Å². The van der Waals surface area contributed by atoms with Gasteiger partial charge in [0, 0.05) is 25.1 Å². The monoisotopic (exact) mass is 220 g/mol. The van der Waals surface area contributed by atoms with Crippen LogP contribution in [0.3, 0.4) is 0 Å². The molecule has 0 aromatic carbocycles. The van der Waals surface area contributed by atoms with Crippen LogP contribution in [0.25, 0.3) is 0 Å². The van der Waals surface area contributed by atoms with Crippen LogP contribution in [0, 0.1) is 12.8 Å². The molecule has 1 aliphatic rings. The Labute approximate surface area is 96.8 Å². The van der Waals surface area contributed by atoms with Crippen LogP contribution in [0.4, 0.5) is 0 Å². The largest absolute Gasteiger partial charge is 0.300 e. The second kappa shape index (κ2) is 4.81. The predicted molar refractivity (Wildman–Crippen MR) is 63.3 cm³/mol. The zero-order chi connectivity index (χ0) is 11.5. The van der Waals surface area contributed by atoms with Gasteiger partial charge in [-0.2, -0.15) is 5.10 Å². The number of hydrogen-bond acceptors (Lipinski definition) is 2. The number of hydrogen-bond donors (Lipinski definition) is 0. The van der Waals surface area contributed by atoms with Crippen LogP contribution in [-0.4, -0.2) is 15.6 Å². The summed E-state index contributed by atoms with van der Waals surface area (Å²) >= 11 is 0. The minimum absolute atomic E-state index is 0.441. The van der Waals surface area contributed by atoms with Crippen LogP contribution >= 0.6 is 0 Å². The summed E-state index contributed by atoms with van der Waals surface area (Å²) in [6.45, 7) is 5.11. The van der Waals surface area contributed by atoms with E-state index in [4.69, 9.17) is 0 Å². The molecule has 0 amide bonds. The minimum Gasteiger partial charge on any atom is -0.300 e. The second-order valence-corrected chi connectivity index (χ2v) is 4.78. The fourth-order valence-electron chi connectivity index (χ4n) is 2.54. The van der Waals surface area contributed by atoms with E-state index in [0.717, 1.165) is 44.3 Å². The first-order chi connectivity index (χ1) is 7.69. The van der Waals surface area contributed by atoms with Gasteiger partial charge in [0.25, 0.3) is 0 Å². The Kier molecular flexibility index (Phi) is 3.42. The maximum Gasteiger partial charge on any atom is 0.132 e. The molecule has 1 fully saturated rings. The van der Waals surface area contributed by atoms with Crippen molar-refractivity contribution >= 4 is 5.78 Å². The molecule has 1 heterocycles. The summed E-state index contributed by atoms with van der Waals surface area (Å²) in [4.78, 5) is 11.2. The second-order valence-electron chi connectivity index (χ2n) is 4.78. The predicted octanol–water partition coefficient (Wildman–Crippen LogP) is 2.51. The van der Waals surface area contributed by atoms with Gasteiger partial charge in [-0.1, -0.05) is 0 Å². The number of rotatable bonds is 3. The van der Waals surface area contributed by atoms with Gasteiger partial charge in [0.1, 0.15) is 5.78 Å². The van der Waals surface area contributed by atoms with Crippen LogP contribution in [-0.2, 0) is 17.8 Å². The van der Waals surface area contributed by atoms with Crippen LogP contribution in [0.2, 0.25) is 0 Å². The number of aryl methyl sites for hydroxylation is 2. The van der Waals surface area contributed by atoms with Crippen molar-refractivity contribution in [2.24, 2.45) is 5.92 Å². The van der Waals surface area contributed by atoms with Crippen molar-refractivity contribution in [3.63, 3.8) is 0 Å². The zero-order valence-electron chi connectivity index (χ0n) is 10.2. The van der Waals surface area contributed by atoms with E-state index in [2.05, 4.69) is 22.8 Å². The normalized spacial score (nSPS) is 18.0. The van der Waals surface area contributed by atoms with E-state index in [9.17, 15) is 4.79 Å². The molecular formula is C13H20N2O. The lowest BCUT2D eigenvalue weighted by Crippen LogP contribution is -2.17. The maximum atomic E-state index is 11.2. The summed E-state index contributed by atoms with van der Waals surface area (Å²) in [5, 5.41) is 4.46. The average Bonchev–Trinajstić information content (AvgIpc) is 2.62. The standard InChI is InChI=1S/C13H20N2O/c1-3-15-12(8-10(2)14-15)9-11-4-6-13(16)7-5-11/h8,11H,3-7,9H2,1-2H3. The molecule has 1 aromatic heterocycles. The lowest BCUT2D eigenvalue weighted by Gasteiger charge is -2.20. The van der Waals surface area contributed by atoms with Gasteiger partial charge in [-0.25, -0.2) is 0 Å². The topological polar surface area (TPSA) is 34.9 Å². The van der Waals surface area contributed by atoms with E-state index in [0.29, 0.717) is 11.7 Å². The van der Waals surface area contributed by atoms with Gasteiger partial charge < -0.3 is 0 Å². The molecule has 0 atom stereocenters.